The van der Waals surface area contributed by atoms with Crippen LogP contribution in [0.2, 0.25) is 0 Å². The molecule has 2 amide bonds. The van der Waals surface area contributed by atoms with Crippen LogP contribution in [0.5, 0.6) is 11.5 Å². The zero-order valence-corrected chi connectivity index (χ0v) is 16.5. The molecule has 6 heteroatoms. The molecule has 1 aromatic heterocycles. The lowest BCUT2D eigenvalue weighted by molar-refractivity contribution is 0.200. The number of fused-ring (bicyclic) bond motifs is 1. The van der Waals surface area contributed by atoms with Crippen molar-refractivity contribution >= 4 is 11.7 Å². The lowest BCUT2D eigenvalue weighted by Crippen LogP contribution is -2.36. The summed E-state index contributed by atoms with van der Waals surface area (Å²) in [5.41, 5.74) is 4.99. The Kier molecular flexibility index (Phi) is 5.33. The molecule has 0 unspecified atom stereocenters. The second-order valence-electron chi connectivity index (χ2n) is 6.95. The van der Waals surface area contributed by atoms with Gasteiger partial charge in [0.05, 0.1) is 20.2 Å². The Bertz CT molecular complexity index is 1040. The van der Waals surface area contributed by atoms with Crippen molar-refractivity contribution in [1.29, 1.82) is 0 Å². The molecule has 1 aliphatic rings. The SMILES string of the molecule is COc1cccc(NC(=O)N2CCOc3ccc(-c4ccncc4C)cc3C2)c1. The molecule has 29 heavy (non-hydrogen) atoms. The Morgan fingerprint density at radius 2 is 2.10 bits per heavy atom. The van der Waals surface area contributed by atoms with Gasteiger partial charge in [0.25, 0.3) is 0 Å². The molecular formula is C23H23N3O3. The minimum atomic E-state index is -0.166. The second-order valence-corrected chi connectivity index (χ2v) is 6.95. The summed E-state index contributed by atoms with van der Waals surface area (Å²) in [6.45, 7) is 3.47. The Morgan fingerprint density at radius 3 is 2.93 bits per heavy atom. The molecular weight excluding hydrogens is 366 g/mol. The first-order chi connectivity index (χ1) is 14.1. The Balaban J connectivity index is 1.56. The number of carbonyl (C=O) groups is 1. The van der Waals surface area contributed by atoms with Gasteiger partial charge in [0.2, 0.25) is 0 Å². The number of pyridine rings is 1. The van der Waals surface area contributed by atoms with Gasteiger partial charge >= 0.3 is 6.03 Å². The zero-order valence-electron chi connectivity index (χ0n) is 16.5. The quantitative estimate of drug-likeness (QED) is 0.717. The number of rotatable bonds is 3. The smallest absolute Gasteiger partial charge is 0.322 e. The van der Waals surface area contributed by atoms with E-state index in [9.17, 15) is 4.79 Å². The van der Waals surface area contributed by atoms with Crippen LogP contribution in [0.15, 0.2) is 60.9 Å². The van der Waals surface area contributed by atoms with E-state index in [1.54, 1.807) is 24.3 Å². The summed E-state index contributed by atoms with van der Waals surface area (Å²) >= 11 is 0. The molecule has 0 spiro atoms. The van der Waals surface area contributed by atoms with Crippen molar-refractivity contribution in [2.24, 2.45) is 0 Å². The molecule has 4 rings (SSSR count). The molecule has 3 aromatic rings. The number of methoxy groups -OCH3 is 1. The van der Waals surface area contributed by atoms with E-state index in [0.717, 1.165) is 28.0 Å². The van der Waals surface area contributed by atoms with Crippen LogP contribution in [-0.4, -0.2) is 36.2 Å². The van der Waals surface area contributed by atoms with Crippen molar-refractivity contribution in [3.8, 4) is 22.6 Å². The van der Waals surface area contributed by atoms with E-state index in [-0.39, 0.29) is 6.03 Å². The van der Waals surface area contributed by atoms with E-state index < -0.39 is 0 Å². The molecule has 0 saturated carbocycles. The van der Waals surface area contributed by atoms with Crippen molar-refractivity contribution in [2.75, 3.05) is 25.6 Å². The van der Waals surface area contributed by atoms with Crippen LogP contribution in [0.1, 0.15) is 11.1 Å². The molecule has 0 atom stereocenters. The Morgan fingerprint density at radius 1 is 1.21 bits per heavy atom. The number of amides is 2. The van der Waals surface area contributed by atoms with Crippen LogP contribution in [0.25, 0.3) is 11.1 Å². The summed E-state index contributed by atoms with van der Waals surface area (Å²) in [5, 5.41) is 2.94. The van der Waals surface area contributed by atoms with Gasteiger partial charge in [0.1, 0.15) is 18.1 Å². The van der Waals surface area contributed by atoms with Gasteiger partial charge in [0, 0.05) is 29.7 Å². The summed E-state index contributed by atoms with van der Waals surface area (Å²) < 4.78 is 11.1. The number of nitrogens with one attached hydrogen (secondary N) is 1. The molecule has 2 aromatic carbocycles. The fourth-order valence-corrected chi connectivity index (χ4v) is 3.44. The van der Waals surface area contributed by atoms with Gasteiger partial charge in [-0.1, -0.05) is 12.1 Å². The van der Waals surface area contributed by atoms with E-state index in [4.69, 9.17) is 9.47 Å². The fourth-order valence-electron chi connectivity index (χ4n) is 3.44. The van der Waals surface area contributed by atoms with Gasteiger partial charge in [-0.05, 0) is 53.9 Å². The first-order valence-electron chi connectivity index (χ1n) is 9.51. The minimum absolute atomic E-state index is 0.166. The average molecular weight is 389 g/mol. The van der Waals surface area contributed by atoms with E-state index >= 15 is 0 Å². The monoisotopic (exact) mass is 389 g/mol. The number of carbonyl (C=O) groups excluding carboxylic acids is 1. The van der Waals surface area contributed by atoms with E-state index in [1.807, 2.05) is 49.5 Å². The van der Waals surface area contributed by atoms with Crippen LogP contribution >= 0.6 is 0 Å². The van der Waals surface area contributed by atoms with Crippen LogP contribution in [0, 0.1) is 6.92 Å². The van der Waals surface area contributed by atoms with Crippen LogP contribution < -0.4 is 14.8 Å². The Labute approximate surface area is 170 Å². The van der Waals surface area contributed by atoms with Gasteiger partial charge in [-0.3, -0.25) is 4.98 Å². The first-order valence-corrected chi connectivity index (χ1v) is 9.51. The molecule has 2 heterocycles. The number of hydrogen-bond acceptors (Lipinski definition) is 4. The summed E-state index contributed by atoms with van der Waals surface area (Å²) in [6.07, 6.45) is 3.64. The second kappa shape index (κ2) is 8.22. The highest BCUT2D eigenvalue weighted by molar-refractivity contribution is 5.89. The van der Waals surface area contributed by atoms with Gasteiger partial charge in [-0.15, -0.1) is 0 Å². The summed E-state index contributed by atoms with van der Waals surface area (Å²) in [7, 11) is 1.60. The maximum Gasteiger partial charge on any atom is 0.322 e. The normalized spacial score (nSPS) is 13.1. The van der Waals surface area contributed by atoms with Crippen molar-refractivity contribution in [2.45, 2.75) is 13.5 Å². The lowest BCUT2D eigenvalue weighted by Gasteiger charge is -2.21. The lowest BCUT2D eigenvalue weighted by atomic mass is 10.00. The third kappa shape index (κ3) is 4.16. The molecule has 6 nitrogen and oxygen atoms in total. The molecule has 0 aliphatic carbocycles. The topological polar surface area (TPSA) is 63.7 Å². The summed E-state index contributed by atoms with van der Waals surface area (Å²) in [4.78, 5) is 18.8. The summed E-state index contributed by atoms with van der Waals surface area (Å²) in [5.74, 6) is 1.52. The third-order valence-corrected chi connectivity index (χ3v) is 4.98. The predicted molar refractivity (Wildman–Crippen MR) is 112 cm³/mol. The first kappa shape index (κ1) is 18.8. The van der Waals surface area contributed by atoms with E-state index in [1.165, 1.54) is 0 Å². The molecule has 0 saturated heterocycles. The molecule has 0 radical (unpaired) electrons. The molecule has 0 bridgehead atoms. The predicted octanol–water partition coefficient (Wildman–Crippen LogP) is 4.49. The Hall–Kier alpha value is -3.54. The minimum Gasteiger partial charge on any atom is -0.497 e. The van der Waals surface area contributed by atoms with Crippen LogP contribution in [0.3, 0.4) is 0 Å². The van der Waals surface area contributed by atoms with Crippen molar-refractivity contribution in [3.05, 3.63) is 72.1 Å². The van der Waals surface area contributed by atoms with Crippen molar-refractivity contribution in [1.82, 2.24) is 9.88 Å². The number of urea groups is 1. The average Bonchev–Trinajstić information content (AvgIpc) is 2.96. The number of nitrogens with zero attached hydrogens (tertiary/aromatic N) is 2. The van der Waals surface area contributed by atoms with Crippen LogP contribution in [-0.2, 0) is 6.54 Å². The van der Waals surface area contributed by atoms with Gasteiger partial charge < -0.3 is 19.7 Å². The number of aryl methyl sites for hydroxylation is 1. The molecule has 148 valence electrons. The number of benzene rings is 2. The largest absolute Gasteiger partial charge is 0.497 e. The fraction of sp³-hybridized carbons (Fsp3) is 0.217. The number of hydrogen-bond donors (Lipinski definition) is 1. The van der Waals surface area contributed by atoms with Gasteiger partial charge in [0.15, 0.2) is 0 Å². The molecule has 1 aliphatic heterocycles. The molecule has 1 N–H and O–H groups in total. The highest BCUT2D eigenvalue weighted by Gasteiger charge is 2.21. The summed E-state index contributed by atoms with van der Waals surface area (Å²) in [6, 6.07) is 15.3. The van der Waals surface area contributed by atoms with E-state index in [2.05, 4.69) is 16.4 Å². The number of ether oxygens (including phenoxy) is 2. The van der Waals surface area contributed by atoms with Gasteiger partial charge in [-0.2, -0.15) is 0 Å². The number of anilines is 1. The maximum atomic E-state index is 12.8. The highest BCUT2D eigenvalue weighted by atomic mass is 16.5. The third-order valence-electron chi connectivity index (χ3n) is 4.98. The highest BCUT2D eigenvalue weighted by Crippen LogP contribution is 2.30. The number of aromatic nitrogens is 1. The zero-order chi connectivity index (χ0) is 20.2. The standard InChI is InChI=1S/C23H23N3O3/c1-16-14-24-9-8-21(16)17-6-7-22-18(12-17)15-26(10-11-29-22)23(27)25-19-4-3-5-20(13-19)28-2/h3-9,12-14H,10-11,15H2,1-2H3,(H,25,27). The molecule has 0 fully saturated rings. The van der Waals surface area contributed by atoms with Crippen molar-refractivity contribution in [3.63, 3.8) is 0 Å². The van der Waals surface area contributed by atoms with Crippen molar-refractivity contribution < 1.29 is 14.3 Å². The van der Waals surface area contributed by atoms with Crippen LogP contribution in [0.4, 0.5) is 10.5 Å². The van der Waals surface area contributed by atoms with Gasteiger partial charge in [-0.25, -0.2) is 4.79 Å². The van der Waals surface area contributed by atoms with E-state index in [0.29, 0.717) is 31.1 Å². The maximum absolute atomic E-state index is 12.8.